The largest absolute Gasteiger partial charge is 0.493 e. The van der Waals surface area contributed by atoms with Gasteiger partial charge in [-0.1, -0.05) is 66.7 Å². The van der Waals surface area contributed by atoms with Crippen LogP contribution in [0.2, 0.25) is 0 Å². The molecule has 1 aliphatic carbocycles. The van der Waals surface area contributed by atoms with Gasteiger partial charge in [-0.05, 0) is 48.1 Å². The Balaban J connectivity index is 1.55. The molecule has 38 heavy (non-hydrogen) atoms. The second-order valence-electron chi connectivity index (χ2n) is 9.72. The first-order valence-corrected chi connectivity index (χ1v) is 12.8. The second-order valence-corrected chi connectivity index (χ2v) is 9.72. The van der Waals surface area contributed by atoms with Crippen molar-refractivity contribution in [2.75, 3.05) is 14.2 Å². The standard InChI is InChI=1S/C32H31NO5/c1-20-29(32(35)38-19-21-10-6-4-7-11-21)30(23-14-15-27(36-2)28(18-23)37-3)31-25(33-20)16-24(17-26(31)34)22-12-8-5-9-13-22/h4-15,18,24,29-30H,16-17,19H2,1-3H3/t24-,29?,30-/m1/s1. The van der Waals surface area contributed by atoms with Gasteiger partial charge in [0.15, 0.2) is 17.3 Å². The summed E-state index contributed by atoms with van der Waals surface area (Å²) < 4.78 is 16.8. The molecular weight excluding hydrogens is 478 g/mol. The van der Waals surface area contributed by atoms with E-state index in [0.717, 1.165) is 22.4 Å². The number of allylic oxidation sites excluding steroid dienone is 2. The molecule has 0 spiro atoms. The number of ketones is 1. The SMILES string of the molecule is COc1ccc([C@H]2C3=C(C[C@@H](c4ccccc4)CC3=O)N=C(C)C2C(=O)OCc2ccccc2)cc1OC. The normalized spacial score (nSPS) is 20.9. The third kappa shape index (κ3) is 4.99. The van der Waals surface area contributed by atoms with E-state index in [0.29, 0.717) is 35.6 Å². The molecule has 1 aliphatic heterocycles. The van der Waals surface area contributed by atoms with Crippen LogP contribution < -0.4 is 9.47 Å². The monoisotopic (exact) mass is 509 g/mol. The number of Topliss-reactive ketones (excluding diaryl/α,β-unsaturated/α-hetero) is 1. The molecule has 0 radical (unpaired) electrons. The van der Waals surface area contributed by atoms with Crippen molar-refractivity contribution in [3.63, 3.8) is 0 Å². The Labute approximate surface area is 223 Å². The van der Waals surface area contributed by atoms with E-state index in [9.17, 15) is 9.59 Å². The van der Waals surface area contributed by atoms with Crippen LogP contribution in [0.4, 0.5) is 0 Å². The zero-order valence-corrected chi connectivity index (χ0v) is 21.8. The van der Waals surface area contributed by atoms with Crippen LogP contribution in [0.25, 0.3) is 0 Å². The first-order valence-electron chi connectivity index (χ1n) is 12.8. The average Bonchev–Trinajstić information content (AvgIpc) is 2.95. The van der Waals surface area contributed by atoms with E-state index in [2.05, 4.69) is 12.1 Å². The number of carbonyl (C=O) groups excluding carboxylic acids is 2. The van der Waals surface area contributed by atoms with Gasteiger partial charge < -0.3 is 14.2 Å². The number of ether oxygens (including phenoxy) is 3. The van der Waals surface area contributed by atoms with Gasteiger partial charge in [0.2, 0.25) is 0 Å². The number of methoxy groups -OCH3 is 2. The topological polar surface area (TPSA) is 74.2 Å². The third-order valence-corrected chi connectivity index (χ3v) is 7.40. The zero-order valence-electron chi connectivity index (χ0n) is 21.8. The van der Waals surface area contributed by atoms with Crippen molar-refractivity contribution in [2.24, 2.45) is 10.9 Å². The van der Waals surface area contributed by atoms with Gasteiger partial charge in [-0.2, -0.15) is 0 Å². The predicted molar refractivity (Wildman–Crippen MR) is 146 cm³/mol. The van der Waals surface area contributed by atoms with Crippen molar-refractivity contribution < 1.29 is 23.8 Å². The van der Waals surface area contributed by atoms with Crippen LogP contribution in [-0.2, 0) is 20.9 Å². The Morgan fingerprint density at radius 1 is 0.868 bits per heavy atom. The highest BCUT2D eigenvalue weighted by molar-refractivity contribution is 6.09. The van der Waals surface area contributed by atoms with Crippen molar-refractivity contribution in [1.82, 2.24) is 0 Å². The maximum absolute atomic E-state index is 13.8. The minimum Gasteiger partial charge on any atom is -0.493 e. The molecule has 6 nitrogen and oxygen atoms in total. The van der Waals surface area contributed by atoms with Crippen LogP contribution in [0, 0.1) is 5.92 Å². The Bertz CT molecular complexity index is 1390. The molecule has 0 saturated carbocycles. The molecule has 0 fully saturated rings. The summed E-state index contributed by atoms with van der Waals surface area (Å²) in [4.78, 5) is 32.3. The maximum atomic E-state index is 13.8. The van der Waals surface area contributed by atoms with Crippen LogP contribution in [-0.4, -0.2) is 31.7 Å². The molecule has 3 aromatic carbocycles. The maximum Gasteiger partial charge on any atom is 0.315 e. The Hall–Kier alpha value is -4.19. The fourth-order valence-corrected chi connectivity index (χ4v) is 5.55. The van der Waals surface area contributed by atoms with Gasteiger partial charge in [0.05, 0.1) is 14.2 Å². The zero-order chi connectivity index (χ0) is 26.6. The molecule has 0 amide bonds. The number of hydrogen-bond acceptors (Lipinski definition) is 6. The molecule has 2 aliphatic rings. The molecule has 1 heterocycles. The molecule has 0 bridgehead atoms. The van der Waals surface area contributed by atoms with Crippen LogP contribution >= 0.6 is 0 Å². The summed E-state index contributed by atoms with van der Waals surface area (Å²) in [6, 6.07) is 25.2. The summed E-state index contributed by atoms with van der Waals surface area (Å²) >= 11 is 0. The lowest BCUT2D eigenvalue weighted by Crippen LogP contribution is -2.38. The van der Waals surface area contributed by atoms with E-state index in [1.807, 2.05) is 73.7 Å². The van der Waals surface area contributed by atoms with Gasteiger partial charge >= 0.3 is 5.97 Å². The first kappa shape index (κ1) is 25.5. The van der Waals surface area contributed by atoms with Gasteiger partial charge in [0.25, 0.3) is 0 Å². The fraction of sp³-hybridized carbons (Fsp3) is 0.281. The lowest BCUT2D eigenvalue weighted by atomic mass is 9.69. The first-order chi connectivity index (χ1) is 18.5. The lowest BCUT2D eigenvalue weighted by molar-refractivity contribution is -0.148. The predicted octanol–water partition coefficient (Wildman–Crippen LogP) is 6.02. The smallest absolute Gasteiger partial charge is 0.315 e. The van der Waals surface area contributed by atoms with Gasteiger partial charge in [0.1, 0.15) is 12.5 Å². The molecule has 0 aromatic heterocycles. The number of rotatable bonds is 7. The van der Waals surface area contributed by atoms with Crippen LogP contribution in [0.15, 0.2) is 95.1 Å². The molecule has 3 atom stereocenters. The Morgan fingerprint density at radius 3 is 2.24 bits per heavy atom. The van der Waals surface area contributed by atoms with Gasteiger partial charge in [-0.25, -0.2) is 0 Å². The fourth-order valence-electron chi connectivity index (χ4n) is 5.55. The Morgan fingerprint density at radius 2 is 1.55 bits per heavy atom. The van der Waals surface area contributed by atoms with E-state index >= 15 is 0 Å². The van der Waals surface area contributed by atoms with Crippen molar-refractivity contribution >= 4 is 17.5 Å². The molecule has 6 heteroatoms. The van der Waals surface area contributed by atoms with Gasteiger partial charge in [-0.3, -0.25) is 14.6 Å². The highest BCUT2D eigenvalue weighted by atomic mass is 16.5. The number of benzene rings is 3. The van der Waals surface area contributed by atoms with Crippen LogP contribution in [0.3, 0.4) is 0 Å². The summed E-state index contributed by atoms with van der Waals surface area (Å²) in [5, 5.41) is 0. The molecule has 0 saturated heterocycles. The van der Waals surface area contributed by atoms with E-state index in [-0.39, 0.29) is 18.3 Å². The van der Waals surface area contributed by atoms with Crippen molar-refractivity contribution in [3.05, 3.63) is 107 Å². The highest BCUT2D eigenvalue weighted by Crippen LogP contribution is 2.48. The number of esters is 1. The molecule has 5 rings (SSSR count). The van der Waals surface area contributed by atoms with Crippen molar-refractivity contribution in [1.29, 1.82) is 0 Å². The third-order valence-electron chi connectivity index (χ3n) is 7.40. The minimum atomic E-state index is -0.729. The summed E-state index contributed by atoms with van der Waals surface area (Å²) in [6.07, 6.45) is 1.00. The highest BCUT2D eigenvalue weighted by Gasteiger charge is 2.45. The summed E-state index contributed by atoms with van der Waals surface area (Å²) in [7, 11) is 3.15. The average molecular weight is 510 g/mol. The molecule has 1 unspecified atom stereocenters. The second kappa shape index (κ2) is 11.1. The molecule has 0 N–H and O–H groups in total. The number of nitrogens with zero attached hydrogens (tertiary/aromatic N) is 1. The number of hydrogen-bond donors (Lipinski definition) is 0. The van der Waals surface area contributed by atoms with Crippen molar-refractivity contribution in [3.8, 4) is 11.5 Å². The van der Waals surface area contributed by atoms with Crippen molar-refractivity contribution in [2.45, 2.75) is 38.2 Å². The van der Waals surface area contributed by atoms with E-state index < -0.39 is 17.8 Å². The molecular formula is C32H31NO5. The quantitative estimate of drug-likeness (QED) is 0.364. The van der Waals surface area contributed by atoms with E-state index in [1.54, 1.807) is 14.2 Å². The Kier molecular flexibility index (Phi) is 7.40. The number of carbonyl (C=O) groups is 2. The van der Waals surface area contributed by atoms with Crippen LogP contribution in [0.1, 0.15) is 48.3 Å². The summed E-state index contributed by atoms with van der Waals surface area (Å²) in [5.41, 5.74) is 4.79. The molecule has 3 aromatic rings. The lowest BCUT2D eigenvalue weighted by Gasteiger charge is -2.36. The van der Waals surface area contributed by atoms with Gasteiger partial charge in [0, 0.05) is 29.3 Å². The van der Waals surface area contributed by atoms with E-state index in [4.69, 9.17) is 19.2 Å². The number of aliphatic imine (C=N–C) groups is 1. The molecule has 194 valence electrons. The summed E-state index contributed by atoms with van der Waals surface area (Å²) in [6.45, 7) is 2.00. The van der Waals surface area contributed by atoms with Crippen LogP contribution in [0.5, 0.6) is 11.5 Å². The minimum absolute atomic E-state index is 0.0111. The van der Waals surface area contributed by atoms with E-state index in [1.165, 1.54) is 0 Å². The van der Waals surface area contributed by atoms with Gasteiger partial charge in [-0.15, -0.1) is 0 Å². The summed E-state index contributed by atoms with van der Waals surface area (Å²) in [5.74, 6) is -0.492.